The molecule has 49 heavy (non-hydrogen) atoms. The van der Waals surface area contributed by atoms with Gasteiger partial charge in [-0.1, -0.05) is 12.8 Å². The number of aliphatic hydroxyl groups excluding tert-OH is 1. The molecule has 3 heterocycles. The quantitative estimate of drug-likeness (QED) is 0.0375. The maximum atomic E-state index is 12.4. The zero-order valence-corrected chi connectivity index (χ0v) is 29.8. The van der Waals surface area contributed by atoms with Crippen molar-refractivity contribution in [1.82, 2.24) is 26.6 Å². The second-order valence-electron chi connectivity index (χ2n) is 11.5. The molecule has 0 saturated carbocycles. The summed E-state index contributed by atoms with van der Waals surface area (Å²) in [6, 6.07) is 0.255. The molecule has 0 aromatic carbocycles. The van der Waals surface area contributed by atoms with Crippen molar-refractivity contribution < 1.29 is 75.4 Å². The number of nitrogens with one attached hydrogen (secondary N) is 5. The largest absolute Gasteiger partial charge is 0.490 e. The van der Waals surface area contributed by atoms with E-state index in [1.807, 2.05) is 11.8 Å². The molecule has 25 heteroatoms. The van der Waals surface area contributed by atoms with E-state index in [0.717, 1.165) is 37.9 Å². The summed E-state index contributed by atoms with van der Waals surface area (Å²) in [6.07, 6.45) is 1.28. The minimum absolute atomic E-state index is 0.0104. The molecule has 3 aliphatic rings. The Morgan fingerprint density at radius 2 is 1.51 bits per heavy atom. The smallest absolute Gasteiger partial charge is 0.390 e. The molecule has 21 nitrogen and oxygen atoms in total. The number of amides is 5. The van der Waals surface area contributed by atoms with Crippen LogP contribution >= 0.6 is 35.2 Å². The molecule has 0 aliphatic carbocycles. The summed E-state index contributed by atoms with van der Waals surface area (Å²) in [4.78, 5) is 83.8. The number of phosphoric ester groups is 1. The summed E-state index contributed by atoms with van der Waals surface area (Å²) in [6.45, 7) is -0.242. The lowest BCUT2D eigenvalue weighted by Gasteiger charge is -2.19. The normalized spacial score (nSPS) is 27.3. The first-order valence-electron chi connectivity index (χ1n) is 15.5. The SMILES string of the molecule is O=C(CCCCC1SCC2NC(=O)NC21)NCCCCCC(=O)NCCNC(=O)C1CC(O)C(COP(=O)(O)OP(=O)(O)OP(=O)(O)O)O1. The maximum Gasteiger partial charge on any atom is 0.490 e. The van der Waals surface area contributed by atoms with Crippen molar-refractivity contribution in [2.45, 2.75) is 93.4 Å². The predicted molar refractivity (Wildman–Crippen MR) is 171 cm³/mol. The molecule has 0 radical (unpaired) electrons. The molecular formula is C24H44N5O16P3S. The van der Waals surface area contributed by atoms with Gasteiger partial charge in [0.25, 0.3) is 0 Å². The molecule has 0 aromatic rings. The molecule has 3 fully saturated rings. The number of carbonyl (C=O) groups is 4. The van der Waals surface area contributed by atoms with E-state index in [0.29, 0.717) is 24.6 Å². The van der Waals surface area contributed by atoms with Crippen molar-refractivity contribution in [3.05, 3.63) is 0 Å². The van der Waals surface area contributed by atoms with Crippen LogP contribution < -0.4 is 26.6 Å². The summed E-state index contributed by atoms with van der Waals surface area (Å²) >= 11 is 1.85. The Balaban J connectivity index is 1.16. The highest BCUT2D eigenvalue weighted by atomic mass is 32.2. The zero-order chi connectivity index (χ0) is 36.2. The van der Waals surface area contributed by atoms with Crippen molar-refractivity contribution in [2.75, 3.05) is 32.0 Å². The van der Waals surface area contributed by atoms with E-state index in [-0.39, 0.29) is 55.9 Å². The number of hydrogen-bond donors (Lipinski definition) is 10. The molecule has 0 spiro atoms. The lowest BCUT2D eigenvalue weighted by molar-refractivity contribution is -0.133. The highest BCUT2D eigenvalue weighted by Gasteiger charge is 2.44. The van der Waals surface area contributed by atoms with Gasteiger partial charge < -0.3 is 56.0 Å². The number of rotatable bonds is 22. The van der Waals surface area contributed by atoms with Crippen LogP contribution in [0.4, 0.5) is 4.79 Å². The van der Waals surface area contributed by atoms with Gasteiger partial charge in [-0.15, -0.1) is 0 Å². The number of ether oxygens (including phenoxy) is 1. The first-order chi connectivity index (χ1) is 22.9. The molecule has 3 rings (SSSR count). The van der Waals surface area contributed by atoms with E-state index < -0.39 is 54.3 Å². The standard InChI is InChI=1S/C24H44N5O16P3S/c30-16-12-17(43-18(16)13-42-47(38,39)45-48(40,41)44-46(35,36)37)23(33)27-11-10-26-21(32)7-2-1-5-9-25-20(31)8-4-3-6-19-22-15(14-49-19)28-24(34)29-22/h15-19,22,30H,1-14H2,(H,25,31)(H,26,32)(H,27,33)(H,38,39)(H,40,41)(H2,28,29,34)(H2,35,36,37). The number of hydrogen-bond acceptors (Lipinski definition) is 13. The molecule has 8 unspecified atom stereocenters. The van der Waals surface area contributed by atoms with Crippen molar-refractivity contribution in [3.8, 4) is 0 Å². The molecule has 282 valence electrons. The van der Waals surface area contributed by atoms with Crippen LogP contribution in [0.3, 0.4) is 0 Å². The van der Waals surface area contributed by atoms with Crippen molar-refractivity contribution in [3.63, 3.8) is 0 Å². The Hall–Kier alpha value is -1.64. The number of phosphoric acid groups is 3. The minimum Gasteiger partial charge on any atom is -0.390 e. The average Bonchev–Trinajstić information content (AvgIpc) is 3.66. The van der Waals surface area contributed by atoms with Crippen LogP contribution in [0.15, 0.2) is 0 Å². The number of aliphatic hydroxyl groups is 1. The molecule has 5 amide bonds. The van der Waals surface area contributed by atoms with Gasteiger partial charge in [0.05, 0.1) is 24.8 Å². The molecular weight excluding hydrogens is 739 g/mol. The van der Waals surface area contributed by atoms with E-state index in [4.69, 9.17) is 19.4 Å². The maximum absolute atomic E-state index is 12.4. The summed E-state index contributed by atoms with van der Waals surface area (Å²) < 4.78 is 50.8. The fourth-order valence-electron chi connectivity index (χ4n) is 5.29. The molecule has 0 bridgehead atoms. The second kappa shape index (κ2) is 19.3. The van der Waals surface area contributed by atoms with E-state index in [9.17, 15) is 42.9 Å². The van der Waals surface area contributed by atoms with Crippen molar-refractivity contribution in [1.29, 1.82) is 0 Å². The van der Waals surface area contributed by atoms with Crippen LogP contribution in [0.25, 0.3) is 0 Å². The van der Waals surface area contributed by atoms with Crippen LogP contribution in [-0.4, -0.2) is 116 Å². The van der Waals surface area contributed by atoms with Gasteiger partial charge in [-0.2, -0.15) is 20.4 Å². The average molecular weight is 784 g/mol. The Morgan fingerprint density at radius 3 is 2.20 bits per heavy atom. The minimum atomic E-state index is -5.71. The van der Waals surface area contributed by atoms with Gasteiger partial charge in [0, 0.05) is 49.9 Å². The molecule has 8 atom stereocenters. The van der Waals surface area contributed by atoms with Gasteiger partial charge in [0.2, 0.25) is 17.7 Å². The van der Waals surface area contributed by atoms with Crippen LogP contribution in [-0.2, 0) is 46.0 Å². The summed E-state index contributed by atoms with van der Waals surface area (Å²) in [5, 5.41) is 24.4. The van der Waals surface area contributed by atoms with Crippen LogP contribution in [0.2, 0.25) is 0 Å². The monoisotopic (exact) mass is 783 g/mol. The van der Waals surface area contributed by atoms with Crippen molar-refractivity contribution >= 4 is 59.0 Å². The van der Waals surface area contributed by atoms with Gasteiger partial charge in [-0.25, -0.2) is 18.5 Å². The topological polar surface area (TPSA) is 318 Å². The fraction of sp³-hybridized carbons (Fsp3) is 0.833. The third-order valence-corrected chi connectivity index (χ3v) is 12.9. The van der Waals surface area contributed by atoms with E-state index in [1.54, 1.807) is 0 Å². The number of unbranched alkanes of at least 4 members (excludes halogenated alkanes) is 3. The van der Waals surface area contributed by atoms with E-state index in [2.05, 4.69) is 39.7 Å². The number of urea groups is 1. The summed E-state index contributed by atoms with van der Waals surface area (Å²) in [5.74, 6) is 0.0201. The summed E-state index contributed by atoms with van der Waals surface area (Å²) in [7, 11) is -16.7. The molecule has 10 N–H and O–H groups in total. The Kier molecular flexibility index (Phi) is 16.4. The van der Waals surface area contributed by atoms with Gasteiger partial charge >= 0.3 is 29.5 Å². The number of fused-ring (bicyclic) bond motifs is 1. The molecule has 3 aliphatic heterocycles. The third kappa shape index (κ3) is 15.6. The fourth-order valence-corrected chi connectivity index (χ4v) is 9.86. The van der Waals surface area contributed by atoms with Gasteiger partial charge in [0.1, 0.15) is 12.2 Å². The van der Waals surface area contributed by atoms with Gasteiger partial charge in [0.15, 0.2) is 0 Å². The van der Waals surface area contributed by atoms with E-state index in [1.165, 1.54) is 0 Å². The molecule has 0 aromatic heterocycles. The third-order valence-electron chi connectivity index (χ3n) is 7.56. The zero-order valence-electron chi connectivity index (χ0n) is 26.3. The summed E-state index contributed by atoms with van der Waals surface area (Å²) in [5.41, 5.74) is 0. The Morgan fingerprint density at radius 1 is 0.857 bits per heavy atom. The van der Waals surface area contributed by atoms with Gasteiger partial charge in [-0.3, -0.25) is 18.9 Å². The predicted octanol–water partition coefficient (Wildman–Crippen LogP) is -0.517. The lowest BCUT2D eigenvalue weighted by Crippen LogP contribution is -2.39. The lowest BCUT2D eigenvalue weighted by atomic mass is 10.0. The second-order valence-corrected chi connectivity index (χ2v) is 17.2. The van der Waals surface area contributed by atoms with Crippen molar-refractivity contribution in [2.24, 2.45) is 0 Å². The Labute approximate surface area is 286 Å². The highest BCUT2D eigenvalue weighted by Crippen LogP contribution is 2.66. The van der Waals surface area contributed by atoms with Crippen LogP contribution in [0.5, 0.6) is 0 Å². The number of thioether (sulfide) groups is 1. The first-order valence-corrected chi connectivity index (χ1v) is 21.1. The highest BCUT2D eigenvalue weighted by molar-refractivity contribution is 8.00. The van der Waals surface area contributed by atoms with E-state index >= 15 is 0 Å². The molecule has 3 saturated heterocycles. The van der Waals surface area contributed by atoms with Crippen LogP contribution in [0.1, 0.15) is 57.8 Å². The first kappa shape index (κ1) is 41.8. The number of carbonyl (C=O) groups excluding carboxylic acids is 4. The Bertz CT molecular complexity index is 1310. The van der Waals surface area contributed by atoms with Crippen LogP contribution in [0, 0.1) is 0 Å². The van der Waals surface area contributed by atoms with Gasteiger partial charge in [-0.05, 0) is 25.7 Å².